The molecule has 0 atom stereocenters. The van der Waals surface area contributed by atoms with Crippen LogP contribution in [0.2, 0.25) is 0 Å². The van der Waals surface area contributed by atoms with Crippen molar-refractivity contribution in [2.45, 2.75) is 57.4 Å². The zero-order chi connectivity index (χ0) is 14.5. The average molecular weight is 288 g/mol. The van der Waals surface area contributed by atoms with Crippen molar-refractivity contribution in [2.24, 2.45) is 0 Å². The van der Waals surface area contributed by atoms with Crippen LogP contribution in [0.25, 0.3) is 0 Å². The first kappa shape index (κ1) is 14.3. The summed E-state index contributed by atoms with van der Waals surface area (Å²) < 4.78 is 0. The molecule has 1 aliphatic carbocycles. The van der Waals surface area contributed by atoms with Crippen molar-refractivity contribution in [1.82, 2.24) is 15.3 Å². The van der Waals surface area contributed by atoms with Gasteiger partial charge in [0.25, 0.3) is 5.91 Å². The SMILES string of the molecule is O=C(NC1CCCCCC1)c1ccnc(N2CCCC2)n1. The smallest absolute Gasteiger partial charge is 0.270 e. The minimum absolute atomic E-state index is 0.0512. The van der Waals surface area contributed by atoms with E-state index in [2.05, 4.69) is 20.2 Å². The van der Waals surface area contributed by atoms with Crippen LogP contribution in [-0.2, 0) is 0 Å². The number of nitrogens with zero attached hydrogens (tertiary/aromatic N) is 3. The predicted molar refractivity (Wildman–Crippen MR) is 82.4 cm³/mol. The van der Waals surface area contributed by atoms with Gasteiger partial charge in [-0.25, -0.2) is 9.97 Å². The van der Waals surface area contributed by atoms with Gasteiger partial charge in [-0.3, -0.25) is 4.79 Å². The molecule has 1 aromatic heterocycles. The topological polar surface area (TPSA) is 58.1 Å². The van der Waals surface area contributed by atoms with E-state index in [0.29, 0.717) is 17.7 Å². The number of nitrogens with one attached hydrogen (secondary N) is 1. The highest BCUT2D eigenvalue weighted by molar-refractivity contribution is 5.92. The number of anilines is 1. The minimum atomic E-state index is -0.0512. The summed E-state index contributed by atoms with van der Waals surface area (Å²) in [6.45, 7) is 1.99. The minimum Gasteiger partial charge on any atom is -0.348 e. The highest BCUT2D eigenvalue weighted by Gasteiger charge is 2.19. The highest BCUT2D eigenvalue weighted by atomic mass is 16.1. The molecule has 0 spiro atoms. The third-order valence-electron chi connectivity index (χ3n) is 4.45. The van der Waals surface area contributed by atoms with E-state index in [-0.39, 0.29) is 5.91 Å². The standard InChI is InChI=1S/C16H24N4O/c21-15(18-13-7-3-1-2-4-8-13)14-9-10-17-16(19-14)20-11-5-6-12-20/h9-10,13H,1-8,11-12H2,(H,18,21). The summed E-state index contributed by atoms with van der Waals surface area (Å²) in [7, 11) is 0. The molecule has 2 aliphatic rings. The second kappa shape index (κ2) is 6.87. The Morgan fingerprint density at radius 2 is 1.81 bits per heavy atom. The predicted octanol–water partition coefficient (Wildman–Crippen LogP) is 2.53. The maximum atomic E-state index is 12.4. The van der Waals surface area contributed by atoms with Crippen molar-refractivity contribution in [2.75, 3.05) is 18.0 Å². The van der Waals surface area contributed by atoms with E-state index in [1.165, 1.54) is 38.5 Å². The van der Waals surface area contributed by atoms with E-state index < -0.39 is 0 Å². The molecule has 1 amide bonds. The zero-order valence-corrected chi connectivity index (χ0v) is 12.6. The van der Waals surface area contributed by atoms with Crippen LogP contribution in [0, 0.1) is 0 Å². The summed E-state index contributed by atoms with van der Waals surface area (Å²) in [5.74, 6) is 0.644. The Kier molecular flexibility index (Phi) is 4.68. The fraction of sp³-hybridized carbons (Fsp3) is 0.688. The van der Waals surface area contributed by atoms with E-state index in [1.54, 1.807) is 12.3 Å². The van der Waals surface area contributed by atoms with Gasteiger partial charge < -0.3 is 10.2 Å². The van der Waals surface area contributed by atoms with Gasteiger partial charge >= 0.3 is 0 Å². The van der Waals surface area contributed by atoms with Gasteiger partial charge in [0.2, 0.25) is 5.95 Å². The third-order valence-corrected chi connectivity index (χ3v) is 4.45. The zero-order valence-electron chi connectivity index (χ0n) is 12.6. The van der Waals surface area contributed by atoms with Gasteiger partial charge in [-0.2, -0.15) is 0 Å². The number of rotatable bonds is 3. The molecule has 2 heterocycles. The lowest BCUT2D eigenvalue weighted by Gasteiger charge is -2.17. The number of hydrogen-bond donors (Lipinski definition) is 1. The number of hydrogen-bond acceptors (Lipinski definition) is 4. The molecular formula is C16H24N4O. The normalized spacial score (nSPS) is 20.3. The molecule has 2 fully saturated rings. The fourth-order valence-corrected chi connectivity index (χ4v) is 3.23. The summed E-state index contributed by atoms with van der Waals surface area (Å²) >= 11 is 0. The Bertz CT molecular complexity index is 477. The molecule has 114 valence electrons. The molecule has 1 N–H and O–H groups in total. The van der Waals surface area contributed by atoms with Gasteiger partial charge in [-0.1, -0.05) is 25.7 Å². The molecule has 1 saturated heterocycles. The first-order valence-corrected chi connectivity index (χ1v) is 8.22. The molecule has 0 bridgehead atoms. The summed E-state index contributed by atoms with van der Waals surface area (Å²) in [5.41, 5.74) is 0.496. The Labute approximate surface area is 126 Å². The van der Waals surface area contributed by atoms with Gasteiger partial charge in [0, 0.05) is 25.3 Å². The molecule has 3 rings (SSSR count). The Morgan fingerprint density at radius 1 is 1.10 bits per heavy atom. The van der Waals surface area contributed by atoms with Crippen LogP contribution in [0.5, 0.6) is 0 Å². The first-order chi connectivity index (χ1) is 10.3. The molecule has 21 heavy (non-hydrogen) atoms. The van der Waals surface area contributed by atoms with Crippen LogP contribution in [0.15, 0.2) is 12.3 Å². The molecule has 5 nitrogen and oxygen atoms in total. The van der Waals surface area contributed by atoms with E-state index in [1.807, 2.05) is 0 Å². The van der Waals surface area contributed by atoms with Crippen molar-refractivity contribution < 1.29 is 4.79 Å². The molecule has 0 radical (unpaired) electrons. The molecule has 1 saturated carbocycles. The van der Waals surface area contributed by atoms with Gasteiger partial charge in [0.15, 0.2) is 0 Å². The van der Waals surface area contributed by atoms with Crippen LogP contribution >= 0.6 is 0 Å². The first-order valence-electron chi connectivity index (χ1n) is 8.22. The highest BCUT2D eigenvalue weighted by Crippen LogP contribution is 2.18. The van der Waals surface area contributed by atoms with Gasteiger partial charge in [0.1, 0.15) is 5.69 Å². The maximum absolute atomic E-state index is 12.4. The quantitative estimate of drug-likeness (QED) is 0.868. The lowest BCUT2D eigenvalue weighted by atomic mass is 10.1. The second-order valence-electron chi connectivity index (χ2n) is 6.10. The largest absolute Gasteiger partial charge is 0.348 e. The molecule has 0 aromatic carbocycles. The van der Waals surface area contributed by atoms with Crippen LogP contribution in [0.3, 0.4) is 0 Å². The van der Waals surface area contributed by atoms with Crippen molar-refractivity contribution in [3.8, 4) is 0 Å². The van der Waals surface area contributed by atoms with E-state index >= 15 is 0 Å². The van der Waals surface area contributed by atoms with Crippen molar-refractivity contribution in [1.29, 1.82) is 0 Å². The van der Waals surface area contributed by atoms with Gasteiger partial charge in [0.05, 0.1) is 0 Å². The lowest BCUT2D eigenvalue weighted by molar-refractivity contribution is 0.0928. The molecule has 0 unspecified atom stereocenters. The van der Waals surface area contributed by atoms with E-state index in [0.717, 1.165) is 25.9 Å². The summed E-state index contributed by atoms with van der Waals surface area (Å²) in [6.07, 6.45) is 11.3. The maximum Gasteiger partial charge on any atom is 0.270 e. The van der Waals surface area contributed by atoms with Crippen LogP contribution in [0.4, 0.5) is 5.95 Å². The Balaban J connectivity index is 1.64. The number of carbonyl (C=O) groups excluding carboxylic acids is 1. The van der Waals surface area contributed by atoms with Crippen molar-refractivity contribution >= 4 is 11.9 Å². The van der Waals surface area contributed by atoms with Crippen molar-refractivity contribution in [3.63, 3.8) is 0 Å². The summed E-state index contributed by atoms with van der Waals surface area (Å²) in [6, 6.07) is 2.02. The molecule has 5 heteroatoms. The van der Waals surface area contributed by atoms with Crippen molar-refractivity contribution in [3.05, 3.63) is 18.0 Å². The Morgan fingerprint density at radius 3 is 2.52 bits per heavy atom. The molecular weight excluding hydrogens is 264 g/mol. The van der Waals surface area contributed by atoms with E-state index in [4.69, 9.17) is 0 Å². The molecule has 1 aromatic rings. The van der Waals surface area contributed by atoms with Gasteiger partial charge in [-0.05, 0) is 31.7 Å². The number of aromatic nitrogens is 2. The van der Waals surface area contributed by atoms with Crippen LogP contribution < -0.4 is 10.2 Å². The average Bonchev–Trinajstić information content (AvgIpc) is 2.93. The lowest BCUT2D eigenvalue weighted by Crippen LogP contribution is -2.35. The van der Waals surface area contributed by atoms with Crippen LogP contribution in [-0.4, -0.2) is 35.0 Å². The monoisotopic (exact) mass is 288 g/mol. The van der Waals surface area contributed by atoms with Crippen LogP contribution in [0.1, 0.15) is 61.9 Å². The van der Waals surface area contributed by atoms with Gasteiger partial charge in [-0.15, -0.1) is 0 Å². The second-order valence-corrected chi connectivity index (χ2v) is 6.10. The van der Waals surface area contributed by atoms with E-state index in [9.17, 15) is 4.79 Å². The summed E-state index contributed by atoms with van der Waals surface area (Å²) in [4.78, 5) is 23.3. The third kappa shape index (κ3) is 3.71. The molecule has 1 aliphatic heterocycles. The fourth-order valence-electron chi connectivity index (χ4n) is 3.23. The Hall–Kier alpha value is -1.65. The number of amides is 1. The summed E-state index contributed by atoms with van der Waals surface area (Å²) in [5, 5.41) is 3.15. The number of carbonyl (C=O) groups is 1.